The molecule has 0 bridgehead atoms. The Morgan fingerprint density at radius 3 is 2.57 bits per heavy atom. The number of hydrogen-bond donors (Lipinski definition) is 0. The highest BCUT2D eigenvalue weighted by molar-refractivity contribution is 9.10. The quantitative estimate of drug-likeness (QED) is 0.461. The molecule has 0 amide bonds. The monoisotopic (exact) mass is 372 g/mol. The van der Waals surface area contributed by atoms with Crippen molar-refractivity contribution in [3.05, 3.63) is 76.3 Å². The second-order valence-electron chi connectivity index (χ2n) is 5.20. The number of benzene rings is 2. The molecule has 0 atom stereocenters. The summed E-state index contributed by atoms with van der Waals surface area (Å²) in [5, 5.41) is 0. The van der Waals surface area contributed by atoms with Gasteiger partial charge in [-0.05, 0) is 54.8 Å². The third-order valence-corrected chi connectivity index (χ3v) is 4.04. The Kier molecular flexibility index (Phi) is 6.05. The van der Waals surface area contributed by atoms with Crippen molar-refractivity contribution < 1.29 is 9.47 Å². The Bertz CT molecular complexity index is 710. The topological polar surface area (TPSA) is 18.5 Å². The molecule has 2 nitrogen and oxygen atoms in total. The van der Waals surface area contributed by atoms with Crippen LogP contribution in [0, 0.1) is 6.92 Å². The molecule has 0 saturated heterocycles. The fraction of sp³-hybridized carbons (Fsp3) is 0.200. The van der Waals surface area contributed by atoms with Crippen molar-refractivity contribution in [2.75, 3.05) is 7.11 Å². The van der Waals surface area contributed by atoms with Crippen LogP contribution < -0.4 is 9.47 Å². The normalized spacial score (nSPS) is 11.2. The molecule has 3 heteroatoms. The lowest BCUT2D eigenvalue weighted by molar-refractivity contribution is 0.410. The summed E-state index contributed by atoms with van der Waals surface area (Å²) < 4.78 is 12.5. The van der Waals surface area contributed by atoms with E-state index in [1.54, 1.807) is 13.2 Å². The maximum Gasteiger partial charge on any atom is 0.134 e. The zero-order valence-corrected chi connectivity index (χ0v) is 15.3. The SMILES string of the molecule is C=C/C=C(/Oc1cc(CC)cc(OC)c1)c1cc(Br)ccc1C. The van der Waals surface area contributed by atoms with Crippen molar-refractivity contribution >= 4 is 21.7 Å². The summed E-state index contributed by atoms with van der Waals surface area (Å²) in [7, 11) is 1.66. The summed E-state index contributed by atoms with van der Waals surface area (Å²) >= 11 is 3.52. The largest absolute Gasteiger partial charge is 0.497 e. The molecule has 0 aromatic heterocycles. The predicted molar refractivity (Wildman–Crippen MR) is 100 cm³/mol. The van der Waals surface area contributed by atoms with E-state index in [0.29, 0.717) is 0 Å². The lowest BCUT2D eigenvalue weighted by Gasteiger charge is -2.14. The van der Waals surface area contributed by atoms with Gasteiger partial charge in [-0.15, -0.1) is 0 Å². The molecule has 0 heterocycles. The van der Waals surface area contributed by atoms with Gasteiger partial charge in [0.25, 0.3) is 0 Å². The van der Waals surface area contributed by atoms with Gasteiger partial charge in [-0.1, -0.05) is 41.6 Å². The smallest absolute Gasteiger partial charge is 0.134 e. The average molecular weight is 373 g/mol. The molecule has 0 N–H and O–H groups in total. The number of aryl methyl sites for hydroxylation is 2. The van der Waals surface area contributed by atoms with Crippen LogP contribution in [-0.2, 0) is 6.42 Å². The van der Waals surface area contributed by atoms with Crippen LogP contribution in [0.25, 0.3) is 5.76 Å². The van der Waals surface area contributed by atoms with Crippen molar-refractivity contribution in [3.8, 4) is 11.5 Å². The molecule has 2 aromatic carbocycles. The lowest BCUT2D eigenvalue weighted by Crippen LogP contribution is -1.99. The fourth-order valence-electron chi connectivity index (χ4n) is 2.28. The van der Waals surface area contributed by atoms with Crippen molar-refractivity contribution in [2.45, 2.75) is 20.3 Å². The highest BCUT2D eigenvalue weighted by Crippen LogP contribution is 2.29. The fourth-order valence-corrected chi connectivity index (χ4v) is 2.65. The van der Waals surface area contributed by atoms with Gasteiger partial charge in [-0.2, -0.15) is 0 Å². The minimum atomic E-state index is 0.758. The lowest BCUT2D eigenvalue weighted by atomic mass is 10.1. The van der Waals surface area contributed by atoms with Crippen molar-refractivity contribution in [1.82, 2.24) is 0 Å². The predicted octanol–water partition coefficient (Wildman–Crippen LogP) is 5.93. The Morgan fingerprint density at radius 2 is 1.91 bits per heavy atom. The third kappa shape index (κ3) is 4.49. The Morgan fingerprint density at radius 1 is 1.17 bits per heavy atom. The summed E-state index contributed by atoms with van der Waals surface area (Å²) in [5.74, 6) is 2.31. The maximum atomic E-state index is 6.15. The summed E-state index contributed by atoms with van der Waals surface area (Å²) in [6.45, 7) is 7.96. The van der Waals surface area contributed by atoms with Crippen LogP contribution in [0.3, 0.4) is 0 Å². The van der Waals surface area contributed by atoms with E-state index in [2.05, 4.69) is 42.4 Å². The summed E-state index contributed by atoms with van der Waals surface area (Å²) in [5.41, 5.74) is 3.34. The highest BCUT2D eigenvalue weighted by atomic mass is 79.9. The second-order valence-corrected chi connectivity index (χ2v) is 6.11. The molecule has 23 heavy (non-hydrogen) atoms. The first-order valence-corrected chi connectivity index (χ1v) is 8.31. The number of ether oxygens (including phenoxy) is 2. The summed E-state index contributed by atoms with van der Waals surface area (Å²) in [6.07, 6.45) is 4.53. The molecule has 0 aliphatic carbocycles. The van der Waals surface area contributed by atoms with E-state index < -0.39 is 0 Å². The number of rotatable bonds is 6. The van der Waals surface area contributed by atoms with E-state index in [1.807, 2.05) is 36.4 Å². The molecule has 120 valence electrons. The maximum absolute atomic E-state index is 6.15. The number of methoxy groups -OCH3 is 1. The molecule has 0 unspecified atom stereocenters. The molecule has 0 aliphatic rings. The van der Waals surface area contributed by atoms with Gasteiger partial charge in [0.15, 0.2) is 0 Å². The van der Waals surface area contributed by atoms with Crippen LogP contribution >= 0.6 is 15.9 Å². The molecule has 0 fully saturated rings. The zero-order chi connectivity index (χ0) is 16.8. The van der Waals surface area contributed by atoms with E-state index in [-0.39, 0.29) is 0 Å². The molecule has 2 rings (SSSR count). The van der Waals surface area contributed by atoms with E-state index in [0.717, 1.165) is 39.3 Å². The first kappa shape index (κ1) is 17.4. The van der Waals surface area contributed by atoms with Crippen LogP contribution in [0.4, 0.5) is 0 Å². The van der Waals surface area contributed by atoms with Crippen molar-refractivity contribution in [2.24, 2.45) is 0 Å². The van der Waals surface area contributed by atoms with Gasteiger partial charge in [0.2, 0.25) is 0 Å². The van der Waals surface area contributed by atoms with Crippen LogP contribution in [0.5, 0.6) is 11.5 Å². The molecule has 0 aliphatic heterocycles. The Balaban J connectivity index is 2.43. The molecule has 0 spiro atoms. The van der Waals surface area contributed by atoms with E-state index in [4.69, 9.17) is 9.47 Å². The van der Waals surface area contributed by atoms with Gasteiger partial charge in [0, 0.05) is 16.1 Å². The van der Waals surface area contributed by atoms with Gasteiger partial charge in [-0.3, -0.25) is 0 Å². The molecule has 0 radical (unpaired) electrons. The zero-order valence-electron chi connectivity index (χ0n) is 13.7. The van der Waals surface area contributed by atoms with Gasteiger partial charge in [0.1, 0.15) is 17.3 Å². The van der Waals surface area contributed by atoms with E-state index in [9.17, 15) is 0 Å². The highest BCUT2D eigenvalue weighted by Gasteiger charge is 2.10. The Labute approximate surface area is 146 Å². The summed E-state index contributed by atoms with van der Waals surface area (Å²) in [6, 6.07) is 12.1. The second kappa shape index (κ2) is 8.02. The van der Waals surface area contributed by atoms with Gasteiger partial charge in [-0.25, -0.2) is 0 Å². The van der Waals surface area contributed by atoms with Crippen molar-refractivity contribution in [1.29, 1.82) is 0 Å². The van der Waals surface area contributed by atoms with Crippen LogP contribution in [0.2, 0.25) is 0 Å². The molecular formula is C20H21BrO2. The number of allylic oxidation sites excluding steroid dienone is 2. The average Bonchev–Trinajstić information content (AvgIpc) is 2.56. The van der Waals surface area contributed by atoms with E-state index in [1.165, 1.54) is 5.56 Å². The Hall–Kier alpha value is -2.00. The van der Waals surface area contributed by atoms with Crippen molar-refractivity contribution in [3.63, 3.8) is 0 Å². The molecular weight excluding hydrogens is 352 g/mol. The van der Waals surface area contributed by atoms with Gasteiger partial charge >= 0.3 is 0 Å². The minimum absolute atomic E-state index is 0.758. The minimum Gasteiger partial charge on any atom is -0.497 e. The number of halogens is 1. The van der Waals surface area contributed by atoms with Crippen LogP contribution in [-0.4, -0.2) is 7.11 Å². The van der Waals surface area contributed by atoms with Crippen LogP contribution in [0.1, 0.15) is 23.6 Å². The van der Waals surface area contributed by atoms with E-state index >= 15 is 0 Å². The standard InChI is InChI=1S/C20H21BrO2/c1-5-7-20(19-12-16(21)9-8-14(19)3)23-18-11-15(6-2)10-17(13-18)22-4/h5,7-13H,1,6H2,2-4H3/b20-7+. The van der Waals surface area contributed by atoms with Crippen LogP contribution in [0.15, 0.2) is 59.6 Å². The molecule has 0 saturated carbocycles. The van der Waals surface area contributed by atoms with Gasteiger partial charge in [0.05, 0.1) is 7.11 Å². The summed E-state index contributed by atoms with van der Waals surface area (Å²) in [4.78, 5) is 0. The third-order valence-electron chi connectivity index (χ3n) is 3.55. The molecule has 2 aromatic rings. The first-order valence-electron chi connectivity index (χ1n) is 7.52. The van der Waals surface area contributed by atoms with Gasteiger partial charge < -0.3 is 9.47 Å². The first-order chi connectivity index (χ1) is 11.1. The number of hydrogen-bond acceptors (Lipinski definition) is 2.